The molecule has 1 aliphatic rings. The Morgan fingerprint density at radius 1 is 1.18 bits per heavy atom. The van der Waals surface area contributed by atoms with Crippen LogP contribution in [0.4, 0.5) is 8.78 Å². The molecule has 1 fully saturated rings. The molecule has 1 atom stereocenters. The largest absolute Gasteiger partial charge is 0.384 e. The highest BCUT2D eigenvalue weighted by Crippen LogP contribution is 2.44. The molecule has 9 nitrogen and oxygen atoms in total. The summed E-state index contributed by atoms with van der Waals surface area (Å²) >= 11 is 0. The van der Waals surface area contributed by atoms with Gasteiger partial charge in [0, 0.05) is 37.6 Å². The number of pyridine rings is 1. The predicted octanol–water partition coefficient (Wildman–Crippen LogP) is 4.80. The summed E-state index contributed by atoms with van der Waals surface area (Å²) in [5.41, 5.74) is 3.42. The summed E-state index contributed by atoms with van der Waals surface area (Å²) in [6.45, 7) is 6.10. The fourth-order valence-electron chi connectivity index (χ4n) is 5.66. The van der Waals surface area contributed by atoms with Gasteiger partial charge in [0.05, 0.1) is 22.9 Å². The first kappa shape index (κ1) is 24.6. The molecule has 1 aliphatic heterocycles. The normalized spacial score (nSPS) is 16.1. The van der Waals surface area contributed by atoms with Crippen molar-refractivity contribution in [2.75, 3.05) is 13.2 Å². The highest BCUT2D eigenvalue weighted by atomic mass is 19.2. The van der Waals surface area contributed by atoms with Crippen LogP contribution in [0.15, 0.2) is 35.0 Å². The summed E-state index contributed by atoms with van der Waals surface area (Å²) in [5.74, 6) is -1.92. The minimum absolute atomic E-state index is 0.0906. The van der Waals surface area contributed by atoms with Crippen LogP contribution in [0, 0.1) is 24.5 Å². The first-order valence-corrected chi connectivity index (χ1v) is 12.6. The number of hydrogen-bond donors (Lipinski definition) is 1. The number of halogens is 2. The van der Waals surface area contributed by atoms with Gasteiger partial charge < -0.3 is 18.9 Å². The highest BCUT2D eigenvalue weighted by molar-refractivity contribution is 6.04. The van der Waals surface area contributed by atoms with E-state index in [9.17, 15) is 9.50 Å². The van der Waals surface area contributed by atoms with Crippen LogP contribution in [0.2, 0.25) is 0 Å². The number of aliphatic hydroxyl groups is 1. The zero-order chi connectivity index (χ0) is 26.8. The summed E-state index contributed by atoms with van der Waals surface area (Å²) in [6, 6.07) is 5.53. The molecule has 0 bridgehead atoms. The van der Waals surface area contributed by atoms with Gasteiger partial charge in [0.1, 0.15) is 22.3 Å². The van der Waals surface area contributed by atoms with Crippen LogP contribution in [0.1, 0.15) is 49.7 Å². The van der Waals surface area contributed by atoms with Gasteiger partial charge >= 0.3 is 0 Å². The Morgan fingerprint density at radius 3 is 2.63 bits per heavy atom. The van der Waals surface area contributed by atoms with Crippen LogP contribution in [0.5, 0.6) is 0 Å². The second kappa shape index (κ2) is 8.95. The van der Waals surface area contributed by atoms with E-state index in [1.54, 1.807) is 37.8 Å². The average molecular weight is 523 g/mol. The molecule has 0 spiro atoms. The lowest BCUT2D eigenvalue weighted by Gasteiger charge is -2.33. The van der Waals surface area contributed by atoms with E-state index >= 15 is 4.39 Å². The van der Waals surface area contributed by atoms with Gasteiger partial charge in [-0.25, -0.2) is 18.4 Å². The van der Waals surface area contributed by atoms with Gasteiger partial charge in [0.2, 0.25) is 5.58 Å². The molecular formula is C27H28F2N6O3. The van der Waals surface area contributed by atoms with Gasteiger partial charge in [0.25, 0.3) is 0 Å². The minimum atomic E-state index is -1.37. The molecule has 5 aromatic rings. The first-order chi connectivity index (χ1) is 18.2. The summed E-state index contributed by atoms with van der Waals surface area (Å²) < 4.78 is 45.1. The van der Waals surface area contributed by atoms with Crippen molar-refractivity contribution in [3.8, 4) is 11.3 Å². The number of aryl methyl sites for hydroxylation is 2. The molecule has 1 unspecified atom stereocenters. The third-order valence-electron chi connectivity index (χ3n) is 7.39. The molecule has 0 aliphatic carbocycles. The third-order valence-corrected chi connectivity index (χ3v) is 7.39. The summed E-state index contributed by atoms with van der Waals surface area (Å²) in [4.78, 5) is 4.73. The number of ether oxygens (including phenoxy) is 1. The van der Waals surface area contributed by atoms with Crippen LogP contribution in [-0.4, -0.2) is 48.0 Å². The number of benzene rings is 1. The van der Waals surface area contributed by atoms with Crippen LogP contribution in [-0.2, 0) is 17.4 Å². The zero-order valence-electron chi connectivity index (χ0n) is 21.6. The Morgan fingerprint density at radius 2 is 1.95 bits per heavy atom. The Hall–Kier alpha value is -3.70. The van der Waals surface area contributed by atoms with Crippen LogP contribution in [0.25, 0.3) is 33.4 Å². The second-order valence-corrected chi connectivity index (χ2v) is 10.4. The lowest BCUT2D eigenvalue weighted by atomic mass is 9.86. The Labute approximate surface area is 217 Å². The van der Waals surface area contributed by atoms with E-state index in [1.165, 1.54) is 6.07 Å². The van der Waals surface area contributed by atoms with Crippen molar-refractivity contribution in [1.82, 2.24) is 29.7 Å². The van der Waals surface area contributed by atoms with E-state index in [4.69, 9.17) is 14.2 Å². The molecule has 0 radical (unpaired) electrons. The molecule has 38 heavy (non-hydrogen) atoms. The molecule has 1 saturated heterocycles. The van der Waals surface area contributed by atoms with E-state index in [1.807, 2.05) is 17.6 Å². The van der Waals surface area contributed by atoms with Crippen molar-refractivity contribution in [2.24, 2.45) is 13.0 Å². The molecule has 5 heterocycles. The molecule has 1 N–H and O–H groups in total. The van der Waals surface area contributed by atoms with Gasteiger partial charge in [-0.05, 0) is 51.7 Å². The zero-order valence-corrected chi connectivity index (χ0v) is 21.6. The van der Waals surface area contributed by atoms with E-state index in [0.29, 0.717) is 53.9 Å². The van der Waals surface area contributed by atoms with E-state index in [-0.39, 0.29) is 11.5 Å². The summed E-state index contributed by atoms with van der Waals surface area (Å²) in [6.07, 6.45) is 2.99. The maximum absolute atomic E-state index is 15.5. The van der Waals surface area contributed by atoms with Gasteiger partial charge in [-0.3, -0.25) is 0 Å². The lowest BCUT2D eigenvalue weighted by molar-refractivity contribution is 0.0542. The molecular weight excluding hydrogens is 494 g/mol. The van der Waals surface area contributed by atoms with Crippen molar-refractivity contribution in [2.45, 2.75) is 45.3 Å². The maximum Gasteiger partial charge on any atom is 0.211 e. The smallest absolute Gasteiger partial charge is 0.211 e. The standard InChI is InChI=1S/C27H28F2N6O3/c1-14-22(34(4)33-31-14)16-12-19-21(30-13-16)25-24(26(32-38-25)27(2,3)36)35(19)23(15-8-10-37-11-9-15)17-6-5-7-18(28)20(17)29/h5-7,12-13,15,23,36H,8-11H2,1-4H3. The second-order valence-electron chi connectivity index (χ2n) is 10.4. The maximum atomic E-state index is 15.5. The van der Waals surface area contributed by atoms with Crippen LogP contribution >= 0.6 is 0 Å². The number of nitrogens with zero attached hydrogens (tertiary/aromatic N) is 6. The topological polar surface area (TPSA) is 104 Å². The van der Waals surface area contributed by atoms with E-state index < -0.39 is 23.3 Å². The number of fused-ring (bicyclic) bond motifs is 3. The number of rotatable bonds is 5. The Bertz CT molecular complexity index is 1640. The summed E-state index contributed by atoms with van der Waals surface area (Å²) in [5, 5.41) is 23.5. The molecule has 6 rings (SSSR count). The molecule has 0 saturated carbocycles. The van der Waals surface area contributed by atoms with Crippen LogP contribution in [0.3, 0.4) is 0 Å². The highest BCUT2D eigenvalue weighted by Gasteiger charge is 2.37. The van der Waals surface area contributed by atoms with Crippen molar-refractivity contribution in [3.63, 3.8) is 0 Å². The minimum Gasteiger partial charge on any atom is -0.384 e. The fourth-order valence-corrected chi connectivity index (χ4v) is 5.66. The van der Waals surface area contributed by atoms with Crippen LogP contribution < -0.4 is 0 Å². The molecule has 198 valence electrons. The van der Waals surface area contributed by atoms with E-state index in [0.717, 1.165) is 23.0 Å². The van der Waals surface area contributed by atoms with Crippen molar-refractivity contribution in [3.05, 3.63) is 59.0 Å². The molecule has 11 heteroatoms. The third kappa shape index (κ3) is 3.80. The van der Waals surface area contributed by atoms with Crippen molar-refractivity contribution >= 4 is 22.1 Å². The fraction of sp³-hybridized carbons (Fsp3) is 0.407. The van der Waals surface area contributed by atoms with Gasteiger partial charge in [-0.2, -0.15) is 0 Å². The summed E-state index contributed by atoms with van der Waals surface area (Å²) in [7, 11) is 1.80. The Kier molecular flexibility index (Phi) is 5.80. The predicted molar refractivity (Wildman–Crippen MR) is 135 cm³/mol. The lowest BCUT2D eigenvalue weighted by Crippen LogP contribution is -2.28. The first-order valence-electron chi connectivity index (χ1n) is 12.6. The Balaban J connectivity index is 1.73. The van der Waals surface area contributed by atoms with E-state index in [2.05, 4.69) is 15.5 Å². The SMILES string of the molecule is Cc1nnn(C)c1-c1cnc2c3onc(C(C)(C)O)c3n(C(c3cccc(F)c3F)C3CCOCC3)c2c1. The number of aromatic nitrogens is 6. The van der Waals surface area contributed by atoms with Gasteiger partial charge in [0.15, 0.2) is 11.6 Å². The van der Waals surface area contributed by atoms with Crippen molar-refractivity contribution in [1.29, 1.82) is 0 Å². The molecule has 0 amide bonds. The monoisotopic (exact) mass is 522 g/mol. The van der Waals surface area contributed by atoms with Crippen molar-refractivity contribution < 1.29 is 23.1 Å². The quantitative estimate of drug-likeness (QED) is 0.354. The number of hydrogen-bond acceptors (Lipinski definition) is 7. The average Bonchev–Trinajstić information content (AvgIpc) is 3.55. The van der Waals surface area contributed by atoms with Gasteiger partial charge in [-0.15, -0.1) is 5.10 Å². The molecule has 4 aromatic heterocycles. The van der Waals surface area contributed by atoms with Gasteiger partial charge in [-0.1, -0.05) is 22.5 Å². The molecule has 1 aromatic carbocycles.